The molecule has 0 saturated carbocycles. The Morgan fingerprint density at radius 3 is 2.53 bits per heavy atom. The van der Waals surface area contributed by atoms with E-state index in [9.17, 15) is 10.1 Å². The molecule has 0 spiro atoms. The average molecular weight is 331 g/mol. The molecule has 0 aliphatic rings. The molecule has 76 valence electrons. The summed E-state index contributed by atoms with van der Waals surface area (Å²) in [6.45, 7) is 0. The molecule has 1 heterocycles. The second-order valence-corrected chi connectivity index (χ2v) is 5.86. The van der Waals surface area contributed by atoms with Gasteiger partial charge in [0.05, 0.1) is 13.4 Å². The van der Waals surface area contributed by atoms with E-state index < -0.39 is 0 Å². The molecule has 15 heavy (non-hydrogen) atoms. The highest BCUT2D eigenvalue weighted by Crippen LogP contribution is 2.34. The van der Waals surface area contributed by atoms with Crippen molar-refractivity contribution in [2.24, 2.45) is 0 Å². The SMILES string of the molecule is O=[N+]([O-])c1ccccc1-c1ccc(I)s1. The van der Waals surface area contributed by atoms with Gasteiger partial charge in [-0.1, -0.05) is 12.1 Å². The van der Waals surface area contributed by atoms with Crippen LogP contribution in [-0.2, 0) is 0 Å². The lowest BCUT2D eigenvalue weighted by atomic mass is 10.1. The molecule has 5 heteroatoms. The molecule has 3 nitrogen and oxygen atoms in total. The molecule has 0 bridgehead atoms. The molecule has 0 radical (unpaired) electrons. The summed E-state index contributed by atoms with van der Waals surface area (Å²) in [4.78, 5) is 11.4. The van der Waals surface area contributed by atoms with Crippen LogP contribution in [0.25, 0.3) is 10.4 Å². The first kappa shape index (κ1) is 10.6. The number of nitrogens with zero attached hydrogens (tertiary/aromatic N) is 1. The van der Waals surface area contributed by atoms with Crippen LogP contribution in [0.5, 0.6) is 0 Å². The normalized spacial score (nSPS) is 10.2. The first-order valence-electron chi connectivity index (χ1n) is 4.17. The van der Waals surface area contributed by atoms with Crippen LogP contribution in [-0.4, -0.2) is 4.92 Å². The van der Waals surface area contributed by atoms with Gasteiger partial charge in [-0.3, -0.25) is 10.1 Å². The van der Waals surface area contributed by atoms with Crippen molar-refractivity contribution in [3.05, 3.63) is 49.4 Å². The molecule has 0 aliphatic carbocycles. The van der Waals surface area contributed by atoms with Gasteiger partial charge < -0.3 is 0 Å². The highest BCUT2D eigenvalue weighted by molar-refractivity contribution is 14.1. The number of halogens is 1. The van der Waals surface area contributed by atoms with Crippen LogP contribution < -0.4 is 0 Å². The van der Waals surface area contributed by atoms with E-state index in [0.717, 1.165) is 7.76 Å². The number of benzene rings is 1. The van der Waals surface area contributed by atoms with Crippen LogP contribution in [0, 0.1) is 13.0 Å². The van der Waals surface area contributed by atoms with Crippen molar-refractivity contribution in [3.63, 3.8) is 0 Å². The summed E-state index contributed by atoms with van der Waals surface area (Å²) in [6, 6.07) is 10.7. The van der Waals surface area contributed by atoms with Crippen LogP contribution in [0.3, 0.4) is 0 Å². The zero-order valence-corrected chi connectivity index (χ0v) is 10.5. The van der Waals surface area contributed by atoms with E-state index >= 15 is 0 Å². The van der Waals surface area contributed by atoms with Crippen molar-refractivity contribution in [1.82, 2.24) is 0 Å². The third kappa shape index (κ3) is 2.18. The van der Waals surface area contributed by atoms with Crippen LogP contribution in [0.15, 0.2) is 36.4 Å². The van der Waals surface area contributed by atoms with Crippen molar-refractivity contribution in [2.75, 3.05) is 0 Å². The molecule has 0 fully saturated rings. The van der Waals surface area contributed by atoms with Gasteiger partial charge in [0.1, 0.15) is 0 Å². The smallest absolute Gasteiger partial charge is 0.258 e. The lowest BCUT2D eigenvalue weighted by Gasteiger charge is -1.98. The zero-order chi connectivity index (χ0) is 10.8. The van der Waals surface area contributed by atoms with Gasteiger partial charge in [-0.15, -0.1) is 11.3 Å². The van der Waals surface area contributed by atoms with Gasteiger partial charge in [-0.25, -0.2) is 0 Å². The molecule has 0 unspecified atom stereocenters. The van der Waals surface area contributed by atoms with Gasteiger partial charge in [0, 0.05) is 10.9 Å². The van der Waals surface area contributed by atoms with Crippen LogP contribution in [0.4, 0.5) is 5.69 Å². The molecule has 0 N–H and O–H groups in total. The van der Waals surface area contributed by atoms with Crippen molar-refractivity contribution in [1.29, 1.82) is 0 Å². The lowest BCUT2D eigenvalue weighted by molar-refractivity contribution is -0.384. The summed E-state index contributed by atoms with van der Waals surface area (Å²) < 4.78 is 1.13. The van der Waals surface area contributed by atoms with E-state index in [2.05, 4.69) is 22.6 Å². The molecule has 2 rings (SSSR count). The molecule has 0 aliphatic heterocycles. The van der Waals surface area contributed by atoms with Crippen molar-refractivity contribution in [3.8, 4) is 10.4 Å². The number of para-hydroxylation sites is 1. The minimum Gasteiger partial charge on any atom is -0.258 e. The Morgan fingerprint density at radius 2 is 1.93 bits per heavy atom. The standard InChI is InChI=1S/C10H6INO2S/c11-10-6-5-9(15-10)7-3-1-2-4-8(7)12(13)14/h1-6H. The van der Waals surface area contributed by atoms with Gasteiger partial charge in [0.2, 0.25) is 0 Å². The molecule has 0 atom stereocenters. The molecule has 1 aromatic carbocycles. The van der Waals surface area contributed by atoms with Gasteiger partial charge in [0.15, 0.2) is 0 Å². The maximum atomic E-state index is 10.8. The molecular formula is C10H6INO2S. The number of nitro groups is 1. The maximum Gasteiger partial charge on any atom is 0.278 e. The summed E-state index contributed by atoms with van der Waals surface area (Å²) in [5.74, 6) is 0. The van der Waals surface area contributed by atoms with Crippen molar-refractivity contribution >= 4 is 39.6 Å². The zero-order valence-electron chi connectivity index (χ0n) is 7.51. The summed E-state index contributed by atoms with van der Waals surface area (Å²) in [5, 5.41) is 10.8. The number of hydrogen-bond donors (Lipinski definition) is 0. The van der Waals surface area contributed by atoms with Gasteiger partial charge in [-0.05, 0) is 40.8 Å². The third-order valence-electron chi connectivity index (χ3n) is 1.94. The Hall–Kier alpha value is -0.950. The van der Waals surface area contributed by atoms with Crippen molar-refractivity contribution < 1.29 is 4.92 Å². The van der Waals surface area contributed by atoms with E-state index in [1.807, 2.05) is 18.2 Å². The van der Waals surface area contributed by atoms with E-state index in [1.165, 1.54) is 6.07 Å². The first-order chi connectivity index (χ1) is 7.18. The van der Waals surface area contributed by atoms with E-state index in [-0.39, 0.29) is 10.6 Å². The fraction of sp³-hybridized carbons (Fsp3) is 0. The lowest BCUT2D eigenvalue weighted by Crippen LogP contribution is -1.89. The maximum absolute atomic E-state index is 10.8. The average Bonchev–Trinajstić information content (AvgIpc) is 2.65. The summed E-state index contributed by atoms with van der Waals surface area (Å²) >= 11 is 3.76. The fourth-order valence-electron chi connectivity index (χ4n) is 1.30. The summed E-state index contributed by atoms with van der Waals surface area (Å²) in [5.41, 5.74) is 0.853. The quantitative estimate of drug-likeness (QED) is 0.475. The topological polar surface area (TPSA) is 43.1 Å². The van der Waals surface area contributed by atoms with Crippen LogP contribution in [0.2, 0.25) is 0 Å². The summed E-state index contributed by atoms with van der Waals surface area (Å²) in [7, 11) is 0. The van der Waals surface area contributed by atoms with Crippen molar-refractivity contribution in [2.45, 2.75) is 0 Å². The van der Waals surface area contributed by atoms with Crippen LogP contribution >= 0.6 is 33.9 Å². The Labute approximate surface area is 104 Å². The Balaban J connectivity index is 2.57. The molecular weight excluding hydrogens is 325 g/mol. The van der Waals surface area contributed by atoms with Gasteiger partial charge in [-0.2, -0.15) is 0 Å². The van der Waals surface area contributed by atoms with Crippen LogP contribution in [0.1, 0.15) is 0 Å². The molecule has 1 aromatic heterocycles. The second kappa shape index (κ2) is 4.28. The fourth-order valence-corrected chi connectivity index (χ4v) is 2.96. The van der Waals surface area contributed by atoms with E-state index in [1.54, 1.807) is 23.5 Å². The summed E-state index contributed by atoms with van der Waals surface area (Å²) in [6.07, 6.45) is 0. The minimum absolute atomic E-state index is 0.163. The Kier molecular flexibility index (Phi) is 3.01. The second-order valence-electron chi connectivity index (χ2n) is 2.88. The van der Waals surface area contributed by atoms with E-state index in [0.29, 0.717) is 5.56 Å². The predicted octanol–water partition coefficient (Wildman–Crippen LogP) is 3.93. The highest BCUT2D eigenvalue weighted by atomic mass is 127. The number of hydrogen-bond acceptors (Lipinski definition) is 3. The first-order valence-corrected chi connectivity index (χ1v) is 6.07. The number of nitro benzene ring substituents is 1. The molecule has 0 amide bonds. The van der Waals surface area contributed by atoms with Gasteiger partial charge >= 0.3 is 0 Å². The highest BCUT2D eigenvalue weighted by Gasteiger charge is 2.14. The largest absolute Gasteiger partial charge is 0.278 e. The molecule has 0 saturated heterocycles. The van der Waals surface area contributed by atoms with Gasteiger partial charge in [0.25, 0.3) is 5.69 Å². The Bertz CT molecular complexity index is 510. The predicted molar refractivity (Wildman–Crippen MR) is 69.1 cm³/mol. The molecule has 2 aromatic rings. The van der Waals surface area contributed by atoms with E-state index in [4.69, 9.17) is 0 Å². The Morgan fingerprint density at radius 1 is 1.20 bits per heavy atom. The number of thiophene rings is 1. The number of rotatable bonds is 2. The minimum atomic E-state index is -0.345. The monoisotopic (exact) mass is 331 g/mol. The third-order valence-corrected chi connectivity index (χ3v) is 3.87.